The molecule has 4 heteroatoms. The molecule has 0 amide bonds. The lowest BCUT2D eigenvalue weighted by molar-refractivity contribution is 0.222. The van der Waals surface area contributed by atoms with Crippen molar-refractivity contribution in [2.75, 3.05) is 0 Å². The van der Waals surface area contributed by atoms with E-state index < -0.39 is 6.10 Å². The minimum Gasteiger partial charge on any atom is -0.384 e. The first-order valence-corrected chi connectivity index (χ1v) is 7.80. The van der Waals surface area contributed by atoms with Crippen LogP contribution in [0, 0.1) is 0 Å². The quantitative estimate of drug-likeness (QED) is 0.654. The number of aliphatic hydroxyl groups excluding tert-OH is 1. The second-order valence-electron chi connectivity index (χ2n) is 4.29. The monoisotopic (exact) mass is 352 g/mol. The zero-order chi connectivity index (χ0) is 13.4. The Morgan fingerprint density at radius 2 is 2.00 bits per heavy atom. The molecule has 3 rings (SSSR count). The van der Waals surface area contributed by atoms with E-state index in [9.17, 15) is 5.11 Å². The van der Waals surface area contributed by atoms with E-state index in [-0.39, 0.29) is 0 Å². The summed E-state index contributed by atoms with van der Waals surface area (Å²) in [6, 6.07) is 13.5. The molecule has 0 aliphatic rings. The van der Waals surface area contributed by atoms with E-state index in [1.54, 1.807) is 17.4 Å². The Bertz CT molecular complexity index is 718. The largest absolute Gasteiger partial charge is 0.384 e. The van der Waals surface area contributed by atoms with E-state index in [0.29, 0.717) is 5.02 Å². The number of hydrogen-bond acceptors (Lipinski definition) is 2. The fourth-order valence-electron chi connectivity index (χ4n) is 2.14. The molecule has 0 saturated carbocycles. The van der Waals surface area contributed by atoms with Crippen molar-refractivity contribution in [3.63, 3.8) is 0 Å². The van der Waals surface area contributed by atoms with Crippen molar-refractivity contribution in [1.29, 1.82) is 0 Å². The topological polar surface area (TPSA) is 20.2 Å². The van der Waals surface area contributed by atoms with Gasteiger partial charge in [-0.05, 0) is 40.6 Å². The average molecular weight is 354 g/mol. The molecule has 0 bridgehead atoms. The summed E-state index contributed by atoms with van der Waals surface area (Å²) in [5.74, 6) is 0. The van der Waals surface area contributed by atoms with Crippen molar-refractivity contribution in [2.45, 2.75) is 6.10 Å². The summed E-state index contributed by atoms with van der Waals surface area (Å²) in [5, 5.41) is 14.4. The molecule has 0 aliphatic carbocycles. The molecular weight excluding hydrogens is 344 g/mol. The number of rotatable bonds is 2. The molecule has 1 nitrogen and oxygen atoms in total. The van der Waals surface area contributed by atoms with Crippen LogP contribution in [0.3, 0.4) is 0 Å². The van der Waals surface area contributed by atoms with Crippen LogP contribution in [0.15, 0.2) is 52.3 Å². The van der Waals surface area contributed by atoms with Crippen molar-refractivity contribution in [3.05, 3.63) is 68.5 Å². The maximum absolute atomic E-state index is 10.6. The number of thiophene rings is 1. The van der Waals surface area contributed by atoms with Gasteiger partial charge in [0.1, 0.15) is 6.10 Å². The molecule has 0 saturated heterocycles. The second kappa shape index (κ2) is 5.25. The Kier molecular flexibility index (Phi) is 3.63. The van der Waals surface area contributed by atoms with Crippen molar-refractivity contribution in [2.24, 2.45) is 0 Å². The van der Waals surface area contributed by atoms with E-state index in [2.05, 4.69) is 28.1 Å². The highest BCUT2D eigenvalue weighted by molar-refractivity contribution is 9.10. The lowest BCUT2D eigenvalue weighted by Crippen LogP contribution is -1.99. The van der Waals surface area contributed by atoms with Crippen LogP contribution in [0.1, 0.15) is 17.2 Å². The van der Waals surface area contributed by atoms with E-state index in [4.69, 9.17) is 11.6 Å². The van der Waals surface area contributed by atoms with Crippen molar-refractivity contribution >= 4 is 49.0 Å². The third kappa shape index (κ3) is 2.56. The first kappa shape index (κ1) is 13.1. The summed E-state index contributed by atoms with van der Waals surface area (Å²) in [6.45, 7) is 0. The summed E-state index contributed by atoms with van der Waals surface area (Å²) >= 11 is 11.1. The maximum atomic E-state index is 10.6. The van der Waals surface area contributed by atoms with Crippen LogP contribution in [-0.2, 0) is 0 Å². The summed E-state index contributed by atoms with van der Waals surface area (Å²) in [7, 11) is 0. The Labute approximate surface area is 128 Å². The first-order valence-electron chi connectivity index (χ1n) is 5.75. The van der Waals surface area contributed by atoms with Crippen LogP contribution >= 0.6 is 38.9 Å². The average Bonchev–Trinajstić information content (AvgIpc) is 2.84. The SMILES string of the molecule is OC(c1cc(Cl)cc(Br)c1)c1cccc2ccsc12. The van der Waals surface area contributed by atoms with Gasteiger partial charge in [0.2, 0.25) is 0 Å². The van der Waals surface area contributed by atoms with Gasteiger partial charge in [0, 0.05) is 19.8 Å². The van der Waals surface area contributed by atoms with Crippen LogP contribution in [0.2, 0.25) is 5.02 Å². The smallest absolute Gasteiger partial charge is 0.106 e. The summed E-state index contributed by atoms with van der Waals surface area (Å²) in [5.41, 5.74) is 1.71. The number of aliphatic hydroxyl groups is 1. The van der Waals surface area contributed by atoms with E-state index >= 15 is 0 Å². The second-order valence-corrected chi connectivity index (χ2v) is 6.56. The van der Waals surface area contributed by atoms with Gasteiger partial charge in [0.25, 0.3) is 0 Å². The third-order valence-electron chi connectivity index (χ3n) is 3.00. The minimum absolute atomic E-state index is 0.613. The molecule has 0 aliphatic heterocycles. The molecule has 3 aromatic rings. The number of halogens is 2. The zero-order valence-electron chi connectivity index (χ0n) is 9.81. The summed E-state index contributed by atoms with van der Waals surface area (Å²) in [6.07, 6.45) is -0.669. The molecular formula is C15H10BrClOS. The molecule has 1 aromatic heterocycles. The molecule has 1 unspecified atom stereocenters. The predicted octanol–water partition coefficient (Wildman–Crippen LogP) is 5.40. The van der Waals surface area contributed by atoms with Crippen LogP contribution in [0.25, 0.3) is 10.1 Å². The van der Waals surface area contributed by atoms with Crippen molar-refractivity contribution in [3.8, 4) is 0 Å². The van der Waals surface area contributed by atoms with Crippen molar-refractivity contribution < 1.29 is 5.11 Å². The highest BCUT2D eigenvalue weighted by Gasteiger charge is 2.15. The Hall–Kier alpha value is -0.870. The Balaban J connectivity index is 2.13. The standard InChI is InChI=1S/C15H10BrClOS/c16-11-6-10(7-12(17)8-11)14(18)13-3-1-2-9-4-5-19-15(9)13/h1-8,14,18H. The summed E-state index contributed by atoms with van der Waals surface area (Å²) in [4.78, 5) is 0. The van der Waals surface area contributed by atoms with Crippen molar-refractivity contribution in [1.82, 2.24) is 0 Å². The van der Waals surface area contributed by atoms with E-state index in [0.717, 1.165) is 25.7 Å². The molecule has 1 atom stereocenters. The van der Waals surface area contributed by atoms with E-state index in [1.807, 2.05) is 29.6 Å². The van der Waals surface area contributed by atoms with Gasteiger partial charge in [-0.3, -0.25) is 0 Å². The van der Waals surface area contributed by atoms with Crippen LogP contribution in [0.5, 0.6) is 0 Å². The van der Waals surface area contributed by atoms with Crippen LogP contribution < -0.4 is 0 Å². The highest BCUT2D eigenvalue weighted by atomic mass is 79.9. The molecule has 1 heterocycles. The normalized spacial score (nSPS) is 12.8. The molecule has 0 fully saturated rings. The third-order valence-corrected chi connectivity index (χ3v) is 4.66. The Morgan fingerprint density at radius 3 is 2.79 bits per heavy atom. The molecule has 1 N–H and O–H groups in total. The van der Waals surface area contributed by atoms with Gasteiger partial charge in [-0.25, -0.2) is 0 Å². The molecule has 96 valence electrons. The van der Waals surface area contributed by atoms with Gasteiger partial charge < -0.3 is 5.11 Å². The fraction of sp³-hybridized carbons (Fsp3) is 0.0667. The highest BCUT2D eigenvalue weighted by Crippen LogP contribution is 2.34. The lowest BCUT2D eigenvalue weighted by Gasteiger charge is -2.13. The van der Waals surface area contributed by atoms with Crippen LogP contribution in [0.4, 0.5) is 0 Å². The number of benzene rings is 2. The van der Waals surface area contributed by atoms with Gasteiger partial charge in [0.15, 0.2) is 0 Å². The first-order chi connectivity index (χ1) is 9.15. The van der Waals surface area contributed by atoms with Crippen LogP contribution in [-0.4, -0.2) is 5.11 Å². The lowest BCUT2D eigenvalue weighted by atomic mass is 10.0. The van der Waals surface area contributed by atoms with Gasteiger partial charge >= 0.3 is 0 Å². The fourth-order valence-corrected chi connectivity index (χ4v) is 3.97. The minimum atomic E-state index is -0.669. The van der Waals surface area contributed by atoms with Gasteiger partial charge in [0.05, 0.1) is 0 Å². The van der Waals surface area contributed by atoms with Gasteiger partial charge in [-0.2, -0.15) is 0 Å². The van der Waals surface area contributed by atoms with E-state index in [1.165, 1.54) is 0 Å². The molecule has 19 heavy (non-hydrogen) atoms. The van der Waals surface area contributed by atoms with Gasteiger partial charge in [-0.1, -0.05) is 45.7 Å². The predicted molar refractivity (Wildman–Crippen MR) is 85.0 cm³/mol. The Morgan fingerprint density at radius 1 is 1.16 bits per heavy atom. The maximum Gasteiger partial charge on any atom is 0.106 e. The molecule has 2 aromatic carbocycles. The molecule has 0 radical (unpaired) electrons. The van der Waals surface area contributed by atoms with Gasteiger partial charge in [-0.15, -0.1) is 11.3 Å². The summed E-state index contributed by atoms with van der Waals surface area (Å²) < 4.78 is 1.98. The zero-order valence-corrected chi connectivity index (χ0v) is 13.0. The molecule has 0 spiro atoms. The number of hydrogen-bond donors (Lipinski definition) is 1. The number of fused-ring (bicyclic) bond motifs is 1.